The normalized spacial score (nSPS) is 16.9. The molecule has 2 rings (SSSR count). The monoisotopic (exact) mass is 286 g/mol. The van der Waals surface area contributed by atoms with Crippen LogP contribution in [0.5, 0.6) is 5.75 Å². The van der Waals surface area contributed by atoms with Crippen LogP contribution in [0.15, 0.2) is 24.3 Å². The molecule has 0 N–H and O–H groups in total. The zero-order valence-electron chi connectivity index (χ0n) is 13.2. The molecule has 1 heterocycles. The Morgan fingerprint density at radius 1 is 1.24 bits per heavy atom. The molecule has 0 aromatic heterocycles. The lowest BCUT2D eigenvalue weighted by Gasteiger charge is -2.33. The maximum atomic E-state index is 8.64. The zero-order valence-corrected chi connectivity index (χ0v) is 13.2. The summed E-state index contributed by atoms with van der Waals surface area (Å²) in [5.74, 6) is 2.61. The smallest absolute Gasteiger partial charge is 0.119 e. The van der Waals surface area contributed by atoms with Gasteiger partial charge in [0.05, 0.1) is 12.5 Å². The highest BCUT2D eigenvalue weighted by Crippen LogP contribution is 2.24. The largest absolute Gasteiger partial charge is 0.492 e. The second-order valence-electron chi connectivity index (χ2n) is 6.25. The Morgan fingerprint density at radius 3 is 2.48 bits per heavy atom. The first kappa shape index (κ1) is 15.9. The van der Waals surface area contributed by atoms with Crippen molar-refractivity contribution in [1.82, 2.24) is 4.90 Å². The van der Waals surface area contributed by atoms with Gasteiger partial charge in [0.1, 0.15) is 12.4 Å². The number of piperidine rings is 1. The number of hydrogen-bond donors (Lipinski definition) is 0. The Labute approximate surface area is 128 Å². The summed E-state index contributed by atoms with van der Waals surface area (Å²) >= 11 is 0. The number of ether oxygens (including phenoxy) is 1. The molecule has 0 bridgehead atoms. The molecule has 1 aliphatic heterocycles. The minimum Gasteiger partial charge on any atom is -0.492 e. The van der Waals surface area contributed by atoms with E-state index in [4.69, 9.17) is 10.00 Å². The van der Waals surface area contributed by atoms with Gasteiger partial charge in [0, 0.05) is 6.54 Å². The average Bonchev–Trinajstić information content (AvgIpc) is 2.50. The second kappa shape index (κ2) is 8.05. The molecular formula is C18H26N2O. The van der Waals surface area contributed by atoms with E-state index in [1.54, 1.807) is 0 Å². The van der Waals surface area contributed by atoms with Crippen molar-refractivity contribution in [3.8, 4) is 11.8 Å². The summed E-state index contributed by atoms with van der Waals surface area (Å²) in [5.41, 5.74) is 1.04. The molecule has 21 heavy (non-hydrogen) atoms. The van der Waals surface area contributed by atoms with Crippen LogP contribution in [-0.4, -0.2) is 31.1 Å². The van der Waals surface area contributed by atoms with Crippen LogP contribution in [-0.2, 0) is 6.42 Å². The standard InChI is InChI=1S/C18H26N2O/c1-15(2)17-8-11-20(12-9-17)13-14-21-18-5-3-16(4-6-18)7-10-19/h3-6,15,17H,7-9,11-14H2,1-2H3. The van der Waals surface area contributed by atoms with E-state index in [1.165, 1.54) is 25.9 Å². The van der Waals surface area contributed by atoms with Crippen LogP contribution in [0.25, 0.3) is 0 Å². The van der Waals surface area contributed by atoms with E-state index >= 15 is 0 Å². The van der Waals surface area contributed by atoms with E-state index in [0.29, 0.717) is 6.42 Å². The molecule has 1 saturated heterocycles. The van der Waals surface area contributed by atoms with Crippen molar-refractivity contribution in [2.75, 3.05) is 26.2 Å². The maximum absolute atomic E-state index is 8.64. The van der Waals surface area contributed by atoms with Crippen LogP contribution in [0.3, 0.4) is 0 Å². The molecule has 3 heteroatoms. The molecule has 1 aromatic rings. The van der Waals surface area contributed by atoms with Crippen molar-refractivity contribution in [2.45, 2.75) is 33.1 Å². The van der Waals surface area contributed by atoms with Gasteiger partial charge in [-0.3, -0.25) is 4.90 Å². The Hall–Kier alpha value is -1.53. The number of likely N-dealkylation sites (tertiary alicyclic amines) is 1. The van der Waals surface area contributed by atoms with Crippen LogP contribution in [0.4, 0.5) is 0 Å². The minimum absolute atomic E-state index is 0.463. The van der Waals surface area contributed by atoms with Gasteiger partial charge in [-0.25, -0.2) is 0 Å². The summed E-state index contributed by atoms with van der Waals surface area (Å²) in [6, 6.07) is 10.00. The number of rotatable bonds is 6. The topological polar surface area (TPSA) is 36.3 Å². The highest BCUT2D eigenvalue weighted by atomic mass is 16.5. The Morgan fingerprint density at radius 2 is 1.90 bits per heavy atom. The van der Waals surface area contributed by atoms with Gasteiger partial charge in [-0.2, -0.15) is 5.26 Å². The molecule has 1 aliphatic rings. The molecule has 0 unspecified atom stereocenters. The van der Waals surface area contributed by atoms with Crippen LogP contribution in [0.1, 0.15) is 32.3 Å². The quantitative estimate of drug-likeness (QED) is 0.803. The summed E-state index contributed by atoms with van der Waals surface area (Å²) in [6.07, 6.45) is 3.10. The van der Waals surface area contributed by atoms with Gasteiger partial charge in [0.2, 0.25) is 0 Å². The number of nitriles is 1. The van der Waals surface area contributed by atoms with E-state index in [2.05, 4.69) is 24.8 Å². The summed E-state index contributed by atoms with van der Waals surface area (Å²) in [4.78, 5) is 2.50. The van der Waals surface area contributed by atoms with Crippen molar-refractivity contribution in [2.24, 2.45) is 11.8 Å². The molecule has 1 fully saturated rings. The third-order valence-electron chi connectivity index (χ3n) is 4.46. The average molecular weight is 286 g/mol. The maximum Gasteiger partial charge on any atom is 0.119 e. The molecule has 114 valence electrons. The molecule has 0 aliphatic carbocycles. The Kier molecular flexibility index (Phi) is 6.07. The third kappa shape index (κ3) is 5.06. The van der Waals surface area contributed by atoms with Gasteiger partial charge in [0.25, 0.3) is 0 Å². The lowest BCUT2D eigenvalue weighted by molar-refractivity contribution is 0.137. The van der Waals surface area contributed by atoms with Crippen molar-refractivity contribution >= 4 is 0 Å². The van der Waals surface area contributed by atoms with Crippen molar-refractivity contribution in [1.29, 1.82) is 5.26 Å². The summed E-state index contributed by atoms with van der Waals surface area (Å²) in [5, 5.41) is 8.64. The summed E-state index contributed by atoms with van der Waals surface area (Å²) in [7, 11) is 0. The van der Waals surface area contributed by atoms with E-state index in [0.717, 1.165) is 36.3 Å². The van der Waals surface area contributed by atoms with Crippen LogP contribution in [0.2, 0.25) is 0 Å². The van der Waals surface area contributed by atoms with Gasteiger partial charge in [-0.05, 0) is 55.5 Å². The van der Waals surface area contributed by atoms with E-state index in [9.17, 15) is 0 Å². The Bertz CT molecular complexity index is 453. The first-order valence-electron chi connectivity index (χ1n) is 8.00. The lowest BCUT2D eigenvalue weighted by Crippen LogP contribution is -2.37. The molecule has 1 aromatic carbocycles. The van der Waals surface area contributed by atoms with Crippen molar-refractivity contribution < 1.29 is 4.74 Å². The van der Waals surface area contributed by atoms with Gasteiger partial charge in [0.15, 0.2) is 0 Å². The highest BCUT2D eigenvalue weighted by Gasteiger charge is 2.21. The fourth-order valence-electron chi connectivity index (χ4n) is 2.93. The molecular weight excluding hydrogens is 260 g/mol. The molecule has 0 saturated carbocycles. The lowest BCUT2D eigenvalue weighted by atomic mass is 9.87. The first-order valence-corrected chi connectivity index (χ1v) is 8.00. The van der Waals surface area contributed by atoms with Gasteiger partial charge < -0.3 is 4.74 Å². The molecule has 3 nitrogen and oxygen atoms in total. The third-order valence-corrected chi connectivity index (χ3v) is 4.46. The van der Waals surface area contributed by atoms with Crippen molar-refractivity contribution in [3.05, 3.63) is 29.8 Å². The Balaban J connectivity index is 1.67. The highest BCUT2D eigenvalue weighted by molar-refractivity contribution is 5.28. The minimum atomic E-state index is 0.463. The van der Waals surface area contributed by atoms with E-state index in [-0.39, 0.29) is 0 Å². The van der Waals surface area contributed by atoms with Gasteiger partial charge in [-0.1, -0.05) is 26.0 Å². The summed E-state index contributed by atoms with van der Waals surface area (Å²) in [6.45, 7) is 8.81. The molecule has 0 atom stereocenters. The van der Waals surface area contributed by atoms with Crippen LogP contribution < -0.4 is 4.74 Å². The fraction of sp³-hybridized carbons (Fsp3) is 0.611. The number of benzene rings is 1. The summed E-state index contributed by atoms with van der Waals surface area (Å²) < 4.78 is 5.79. The molecule has 0 amide bonds. The van der Waals surface area contributed by atoms with Crippen LogP contribution >= 0.6 is 0 Å². The SMILES string of the molecule is CC(C)C1CCN(CCOc2ccc(CC#N)cc2)CC1. The zero-order chi connectivity index (χ0) is 15.1. The second-order valence-corrected chi connectivity index (χ2v) is 6.25. The van der Waals surface area contributed by atoms with E-state index in [1.807, 2.05) is 24.3 Å². The van der Waals surface area contributed by atoms with E-state index < -0.39 is 0 Å². The molecule has 0 spiro atoms. The molecule has 0 radical (unpaired) electrons. The van der Waals surface area contributed by atoms with Gasteiger partial charge in [-0.15, -0.1) is 0 Å². The predicted octanol–water partition coefficient (Wildman–Crippen LogP) is 3.50. The van der Waals surface area contributed by atoms with Crippen LogP contribution in [0, 0.1) is 23.2 Å². The van der Waals surface area contributed by atoms with Crippen molar-refractivity contribution in [3.63, 3.8) is 0 Å². The fourth-order valence-corrected chi connectivity index (χ4v) is 2.93. The number of nitrogens with zero attached hydrogens (tertiary/aromatic N) is 2. The van der Waals surface area contributed by atoms with Gasteiger partial charge >= 0.3 is 0 Å². The number of hydrogen-bond acceptors (Lipinski definition) is 3. The predicted molar refractivity (Wildman–Crippen MR) is 85.3 cm³/mol. The first-order chi connectivity index (χ1) is 10.2.